The van der Waals surface area contributed by atoms with Crippen LogP contribution in [0.15, 0.2) is 60.7 Å². The van der Waals surface area contributed by atoms with E-state index in [1.54, 1.807) is 0 Å². The Bertz CT molecular complexity index is 627. The number of likely N-dealkylation sites (tertiary alicyclic amines) is 1. The first-order valence-corrected chi connectivity index (χ1v) is 8.90. The lowest BCUT2D eigenvalue weighted by Gasteiger charge is -2.24. The average molecular weight is 322 g/mol. The van der Waals surface area contributed by atoms with Crippen LogP contribution in [0.1, 0.15) is 24.0 Å². The molecule has 2 aromatic rings. The molecule has 1 atom stereocenters. The Balaban J connectivity index is 1.43. The maximum atomic E-state index is 12.2. The van der Waals surface area contributed by atoms with Crippen molar-refractivity contribution in [2.24, 2.45) is 0 Å². The van der Waals surface area contributed by atoms with Gasteiger partial charge in [-0.3, -0.25) is 9.69 Å². The first-order valence-electron chi connectivity index (χ1n) is 8.90. The predicted octanol–water partition coefficient (Wildman–Crippen LogP) is 3.05. The number of carbonyl (C=O) groups is 1. The van der Waals surface area contributed by atoms with Crippen LogP contribution >= 0.6 is 0 Å². The zero-order valence-electron chi connectivity index (χ0n) is 14.2. The van der Waals surface area contributed by atoms with Gasteiger partial charge in [0, 0.05) is 12.6 Å². The molecule has 0 saturated carbocycles. The van der Waals surface area contributed by atoms with E-state index in [0.29, 0.717) is 19.1 Å². The molecular weight excluding hydrogens is 296 g/mol. The van der Waals surface area contributed by atoms with Gasteiger partial charge in [-0.2, -0.15) is 0 Å². The summed E-state index contributed by atoms with van der Waals surface area (Å²) in [7, 11) is 0. The second kappa shape index (κ2) is 8.65. The van der Waals surface area contributed by atoms with Crippen LogP contribution in [0.5, 0.6) is 0 Å². The van der Waals surface area contributed by atoms with Crippen molar-refractivity contribution in [2.45, 2.75) is 31.7 Å². The fourth-order valence-corrected chi connectivity index (χ4v) is 3.45. The number of benzene rings is 2. The van der Waals surface area contributed by atoms with Gasteiger partial charge in [-0.25, -0.2) is 0 Å². The quantitative estimate of drug-likeness (QED) is 0.850. The van der Waals surface area contributed by atoms with Gasteiger partial charge in [0.05, 0.1) is 6.54 Å². The molecule has 0 bridgehead atoms. The Morgan fingerprint density at radius 1 is 1.00 bits per heavy atom. The Hall–Kier alpha value is -2.13. The molecule has 126 valence electrons. The highest BCUT2D eigenvalue weighted by molar-refractivity contribution is 5.78. The van der Waals surface area contributed by atoms with Gasteiger partial charge in [0.15, 0.2) is 0 Å². The lowest BCUT2D eigenvalue weighted by molar-refractivity contribution is -0.122. The minimum atomic E-state index is 0.144. The lowest BCUT2D eigenvalue weighted by Crippen LogP contribution is -2.41. The molecule has 3 heteroatoms. The highest BCUT2D eigenvalue weighted by atomic mass is 16.2. The number of nitrogens with one attached hydrogen (secondary N) is 1. The minimum absolute atomic E-state index is 0.144. The molecule has 0 unspecified atom stereocenters. The molecule has 0 radical (unpaired) electrons. The van der Waals surface area contributed by atoms with Crippen LogP contribution in [0, 0.1) is 0 Å². The van der Waals surface area contributed by atoms with E-state index in [1.165, 1.54) is 24.0 Å². The fraction of sp³-hybridized carbons (Fsp3) is 0.381. The Morgan fingerprint density at radius 2 is 1.67 bits per heavy atom. The van der Waals surface area contributed by atoms with Crippen molar-refractivity contribution in [3.63, 3.8) is 0 Å². The molecule has 0 spiro atoms. The molecule has 3 nitrogen and oxygen atoms in total. The normalized spacial score (nSPS) is 17.8. The van der Waals surface area contributed by atoms with Gasteiger partial charge >= 0.3 is 0 Å². The number of carbonyl (C=O) groups excluding carboxylic acids is 1. The SMILES string of the molecule is O=C(CN1CCC[C@H]1Cc1ccccc1)NCCc1ccccc1. The molecule has 2 aromatic carbocycles. The highest BCUT2D eigenvalue weighted by Crippen LogP contribution is 2.20. The molecule has 1 aliphatic rings. The molecule has 1 aliphatic heterocycles. The summed E-state index contributed by atoms with van der Waals surface area (Å²) in [6.45, 7) is 2.26. The standard InChI is InChI=1S/C21H26N2O/c24-21(22-14-13-18-8-3-1-4-9-18)17-23-15-7-12-20(23)16-19-10-5-2-6-11-19/h1-6,8-11,20H,7,12-17H2,(H,22,24)/t20-/m0/s1. The van der Waals surface area contributed by atoms with Crippen molar-refractivity contribution in [1.82, 2.24) is 10.2 Å². The van der Waals surface area contributed by atoms with Crippen molar-refractivity contribution in [1.29, 1.82) is 0 Å². The van der Waals surface area contributed by atoms with Crippen molar-refractivity contribution in [3.05, 3.63) is 71.8 Å². The van der Waals surface area contributed by atoms with Gasteiger partial charge < -0.3 is 5.32 Å². The molecule has 0 aliphatic carbocycles. The van der Waals surface area contributed by atoms with Crippen LogP contribution in [0.25, 0.3) is 0 Å². The maximum Gasteiger partial charge on any atom is 0.234 e. The molecular formula is C21H26N2O. The molecule has 1 saturated heterocycles. The first kappa shape index (κ1) is 16.7. The van der Waals surface area contributed by atoms with Crippen LogP contribution in [0.3, 0.4) is 0 Å². The molecule has 1 fully saturated rings. The van der Waals surface area contributed by atoms with Gasteiger partial charge in [0.2, 0.25) is 5.91 Å². The summed E-state index contributed by atoms with van der Waals surface area (Å²) in [6.07, 6.45) is 4.30. The van der Waals surface area contributed by atoms with Crippen molar-refractivity contribution in [2.75, 3.05) is 19.6 Å². The van der Waals surface area contributed by atoms with Crippen molar-refractivity contribution >= 4 is 5.91 Å². The minimum Gasteiger partial charge on any atom is -0.355 e. The Labute approximate surface area is 144 Å². The molecule has 1 heterocycles. The van der Waals surface area contributed by atoms with Gasteiger partial charge in [0.25, 0.3) is 0 Å². The van der Waals surface area contributed by atoms with E-state index in [1.807, 2.05) is 18.2 Å². The summed E-state index contributed by atoms with van der Waals surface area (Å²) in [5.74, 6) is 0.144. The Kier molecular flexibility index (Phi) is 6.02. The number of amides is 1. The molecule has 24 heavy (non-hydrogen) atoms. The average Bonchev–Trinajstić information content (AvgIpc) is 3.03. The third-order valence-corrected chi connectivity index (χ3v) is 4.74. The highest BCUT2D eigenvalue weighted by Gasteiger charge is 2.26. The topological polar surface area (TPSA) is 32.3 Å². The summed E-state index contributed by atoms with van der Waals surface area (Å²) in [4.78, 5) is 14.6. The van der Waals surface area contributed by atoms with Crippen molar-refractivity contribution in [3.8, 4) is 0 Å². The van der Waals surface area contributed by atoms with Crippen molar-refractivity contribution < 1.29 is 4.79 Å². The van der Waals surface area contributed by atoms with Crippen LogP contribution < -0.4 is 5.32 Å². The third kappa shape index (κ3) is 4.93. The summed E-state index contributed by atoms with van der Waals surface area (Å²) in [5.41, 5.74) is 2.62. The smallest absolute Gasteiger partial charge is 0.234 e. The van der Waals surface area contributed by atoms with E-state index in [0.717, 1.165) is 19.4 Å². The summed E-state index contributed by atoms with van der Waals surface area (Å²) < 4.78 is 0. The number of rotatable bonds is 7. The van der Waals surface area contributed by atoms with Gasteiger partial charge in [0.1, 0.15) is 0 Å². The second-order valence-corrected chi connectivity index (χ2v) is 6.54. The van der Waals surface area contributed by atoms with E-state index in [-0.39, 0.29) is 5.91 Å². The van der Waals surface area contributed by atoms with Gasteiger partial charge in [-0.05, 0) is 43.4 Å². The molecule has 3 rings (SSSR count). The number of hydrogen-bond donors (Lipinski definition) is 1. The zero-order valence-corrected chi connectivity index (χ0v) is 14.2. The predicted molar refractivity (Wildman–Crippen MR) is 97.9 cm³/mol. The van der Waals surface area contributed by atoms with E-state index in [2.05, 4.69) is 52.7 Å². The second-order valence-electron chi connectivity index (χ2n) is 6.54. The molecule has 1 N–H and O–H groups in total. The monoisotopic (exact) mass is 322 g/mol. The first-order chi connectivity index (χ1) is 11.8. The number of nitrogens with zero attached hydrogens (tertiary/aromatic N) is 1. The van der Waals surface area contributed by atoms with Crippen LogP contribution in [-0.4, -0.2) is 36.5 Å². The van der Waals surface area contributed by atoms with Crippen LogP contribution in [0.4, 0.5) is 0 Å². The van der Waals surface area contributed by atoms with E-state index >= 15 is 0 Å². The summed E-state index contributed by atoms with van der Waals surface area (Å²) in [6, 6.07) is 21.4. The molecule has 0 aromatic heterocycles. The maximum absolute atomic E-state index is 12.2. The third-order valence-electron chi connectivity index (χ3n) is 4.74. The fourth-order valence-electron chi connectivity index (χ4n) is 3.45. The summed E-state index contributed by atoms with van der Waals surface area (Å²) in [5, 5.41) is 3.06. The van der Waals surface area contributed by atoms with Crippen LogP contribution in [-0.2, 0) is 17.6 Å². The number of hydrogen-bond acceptors (Lipinski definition) is 2. The lowest BCUT2D eigenvalue weighted by atomic mass is 10.0. The van der Waals surface area contributed by atoms with E-state index in [9.17, 15) is 4.79 Å². The largest absolute Gasteiger partial charge is 0.355 e. The molecule has 1 amide bonds. The van der Waals surface area contributed by atoms with Gasteiger partial charge in [-0.15, -0.1) is 0 Å². The zero-order chi connectivity index (χ0) is 16.6. The Morgan fingerprint density at radius 3 is 2.38 bits per heavy atom. The van der Waals surface area contributed by atoms with Crippen LogP contribution in [0.2, 0.25) is 0 Å². The van der Waals surface area contributed by atoms with E-state index < -0.39 is 0 Å². The van der Waals surface area contributed by atoms with Gasteiger partial charge in [-0.1, -0.05) is 60.7 Å². The van der Waals surface area contributed by atoms with E-state index in [4.69, 9.17) is 0 Å². The summed E-state index contributed by atoms with van der Waals surface area (Å²) >= 11 is 0.